The third-order valence-corrected chi connectivity index (χ3v) is 4.46. The van der Waals surface area contributed by atoms with Gasteiger partial charge < -0.3 is 10.1 Å². The maximum Gasteiger partial charge on any atom is 0.234 e. The molecule has 128 valence electrons. The summed E-state index contributed by atoms with van der Waals surface area (Å²) in [4.78, 5) is 16.2. The molecule has 1 fully saturated rings. The van der Waals surface area contributed by atoms with E-state index in [1.54, 1.807) is 7.11 Å². The van der Waals surface area contributed by atoms with Crippen LogP contribution >= 0.6 is 15.9 Å². The second kappa shape index (κ2) is 9.32. The molecule has 1 aromatic rings. The van der Waals surface area contributed by atoms with E-state index in [4.69, 9.17) is 4.74 Å². The van der Waals surface area contributed by atoms with Crippen molar-refractivity contribution in [3.05, 3.63) is 34.1 Å². The highest BCUT2D eigenvalue weighted by atomic mass is 79.9. The number of hydrogen-bond donors (Lipinski definition) is 1. The van der Waals surface area contributed by atoms with Crippen LogP contribution in [-0.2, 0) is 16.1 Å². The number of rotatable bonds is 7. The van der Waals surface area contributed by atoms with Crippen LogP contribution in [-0.4, -0.2) is 68.7 Å². The molecule has 7 heteroatoms. The average Bonchev–Trinajstić information content (AvgIpc) is 2.53. The first-order valence-electron chi connectivity index (χ1n) is 7.73. The molecular weight excluding hydrogens is 365 g/mol. The Morgan fingerprint density at radius 3 is 2.65 bits per heavy atom. The van der Waals surface area contributed by atoms with Gasteiger partial charge in [0.1, 0.15) is 5.82 Å². The molecule has 1 aliphatic rings. The summed E-state index contributed by atoms with van der Waals surface area (Å²) in [5, 5.41) is 2.83. The topological polar surface area (TPSA) is 44.8 Å². The molecule has 0 unspecified atom stereocenters. The standard InChI is InChI=1S/C16H23BrFN3O2/c1-23-9-4-19-16(22)12-21-7-5-20(6-8-21)11-13-2-3-15(18)14(17)10-13/h2-3,10H,4-9,11-12H2,1H3,(H,19,22). The number of carbonyl (C=O) groups excluding carboxylic acids is 1. The average molecular weight is 388 g/mol. The molecule has 2 rings (SSSR count). The van der Waals surface area contributed by atoms with Gasteiger partial charge in [-0.05, 0) is 33.6 Å². The van der Waals surface area contributed by atoms with Gasteiger partial charge in [-0.3, -0.25) is 14.6 Å². The summed E-state index contributed by atoms with van der Waals surface area (Å²) in [7, 11) is 1.62. The number of halogens is 2. The predicted molar refractivity (Wildman–Crippen MR) is 90.7 cm³/mol. The van der Waals surface area contributed by atoms with E-state index in [-0.39, 0.29) is 11.7 Å². The Labute approximate surface area is 144 Å². The first-order valence-corrected chi connectivity index (χ1v) is 8.52. The Morgan fingerprint density at radius 2 is 2.00 bits per heavy atom. The molecule has 1 aromatic carbocycles. The lowest BCUT2D eigenvalue weighted by atomic mass is 10.2. The van der Waals surface area contributed by atoms with Crippen LogP contribution in [0.15, 0.2) is 22.7 Å². The number of ether oxygens (including phenoxy) is 1. The Balaban J connectivity index is 1.71. The summed E-state index contributed by atoms with van der Waals surface area (Å²) in [6.45, 7) is 5.84. The first kappa shape index (κ1) is 18.3. The zero-order valence-corrected chi connectivity index (χ0v) is 14.9. The van der Waals surface area contributed by atoms with Crippen LogP contribution in [0.25, 0.3) is 0 Å². The second-order valence-corrected chi connectivity index (χ2v) is 6.50. The molecule has 0 atom stereocenters. The number of methoxy groups -OCH3 is 1. The van der Waals surface area contributed by atoms with E-state index >= 15 is 0 Å². The lowest BCUT2D eigenvalue weighted by Gasteiger charge is -2.34. The molecule has 0 aromatic heterocycles. The summed E-state index contributed by atoms with van der Waals surface area (Å²) < 4.78 is 18.7. The number of hydrogen-bond acceptors (Lipinski definition) is 4. The minimum Gasteiger partial charge on any atom is -0.383 e. The van der Waals surface area contributed by atoms with E-state index in [1.807, 2.05) is 12.1 Å². The molecule has 5 nitrogen and oxygen atoms in total. The largest absolute Gasteiger partial charge is 0.383 e. The van der Waals surface area contributed by atoms with Crippen LogP contribution in [0.4, 0.5) is 4.39 Å². The van der Waals surface area contributed by atoms with Crippen molar-refractivity contribution in [2.45, 2.75) is 6.54 Å². The SMILES string of the molecule is COCCNC(=O)CN1CCN(Cc2ccc(F)c(Br)c2)CC1. The van der Waals surface area contributed by atoms with Gasteiger partial charge in [-0.1, -0.05) is 6.07 Å². The van der Waals surface area contributed by atoms with Crippen molar-refractivity contribution in [1.29, 1.82) is 0 Å². The van der Waals surface area contributed by atoms with E-state index < -0.39 is 0 Å². The predicted octanol–water partition coefficient (Wildman–Crippen LogP) is 1.47. The van der Waals surface area contributed by atoms with Crippen molar-refractivity contribution in [3.8, 4) is 0 Å². The highest BCUT2D eigenvalue weighted by molar-refractivity contribution is 9.10. The monoisotopic (exact) mass is 387 g/mol. The molecule has 0 bridgehead atoms. The van der Waals surface area contributed by atoms with Crippen LogP contribution in [0.3, 0.4) is 0 Å². The molecule has 0 radical (unpaired) electrons. The first-order chi connectivity index (χ1) is 11.1. The Hall–Kier alpha value is -1.02. The van der Waals surface area contributed by atoms with Crippen LogP contribution in [0.1, 0.15) is 5.56 Å². The number of benzene rings is 1. The quantitative estimate of drug-likeness (QED) is 0.719. The summed E-state index contributed by atoms with van der Waals surface area (Å²) in [6, 6.07) is 5.13. The lowest BCUT2D eigenvalue weighted by molar-refractivity contribution is -0.122. The van der Waals surface area contributed by atoms with Gasteiger partial charge in [-0.2, -0.15) is 0 Å². The Bertz CT molecular complexity index is 522. The van der Waals surface area contributed by atoms with Gasteiger partial charge in [0, 0.05) is 46.4 Å². The normalized spacial score (nSPS) is 16.5. The zero-order chi connectivity index (χ0) is 16.7. The maximum absolute atomic E-state index is 13.2. The van der Waals surface area contributed by atoms with E-state index in [9.17, 15) is 9.18 Å². The zero-order valence-electron chi connectivity index (χ0n) is 13.4. The van der Waals surface area contributed by atoms with Gasteiger partial charge in [0.2, 0.25) is 5.91 Å². The Kier molecular flexibility index (Phi) is 7.42. The third kappa shape index (κ3) is 6.18. The van der Waals surface area contributed by atoms with Crippen LogP contribution in [0.5, 0.6) is 0 Å². The maximum atomic E-state index is 13.2. The fourth-order valence-corrected chi connectivity index (χ4v) is 2.98. The fourth-order valence-electron chi connectivity index (χ4n) is 2.55. The minimum atomic E-state index is -0.238. The summed E-state index contributed by atoms with van der Waals surface area (Å²) >= 11 is 3.22. The van der Waals surface area contributed by atoms with Crippen LogP contribution in [0, 0.1) is 5.82 Å². The molecule has 1 N–H and O–H groups in total. The van der Waals surface area contributed by atoms with Crippen LogP contribution < -0.4 is 5.32 Å². The third-order valence-electron chi connectivity index (χ3n) is 3.85. The van der Waals surface area contributed by atoms with Gasteiger partial charge in [0.25, 0.3) is 0 Å². The van der Waals surface area contributed by atoms with Crippen molar-refractivity contribution < 1.29 is 13.9 Å². The van der Waals surface area contributed by atoms with Gasteiger partial charge in [-0.25, -0.2) is 4.39 Å². The molecule has 23 heavy (non-hydrogen) atoms. The molecule has 1 saturated heterocycles. The smallest absolute Gasteiger partial charge is 0.234 e. The van der Waals surface area contributed by atoms with Gasteiger partial charge in [-0.15, -0.1) is 0 Å². The molecule has 0 saturated carbocycles. The summed E-state index contributed by atoms with van der Waals surface area (Å²) in [5.41, 5.74) is 1.09. The van der Waals surface area contributed by atoms with E-state index in [0.717, 1.165) is 38.3 Å². The van der Waals surface area contributed by atoms with Crippen molar-refractivity contribution in [2.75, 3.05) is 53.0 Å². The van der Waals surface area contributed by atoms with Gasteiger partial charge in [0.15, 0.2) is 0 Å². The van der Waals surface area contributed by atoms with Crippen LogP contribution in [0.2, 0.25) is 0 Å². The number of amides is 1. The Morgan fingerprint density at radius 1 is 1.30 bits per heavy atom. The molecule has 1 aliphatic heterocycles. The van der Waals surface area contributed by atoms with Crippen molar-refractivity contribution in [1.82, 2.24) is 15.1 Å². The highest BCUT2D eigenvalue weighted by Crippen LogP contribution is 2.18. The number of nitrogens with one attached hydrogen (secondary N) is 1. The van der Waals surface area contributed by atoms with E-state index in [0.29, 0.717) is 24.2 Å². The molecule has 1 amide bonds. The molecule has 1 heterocycles. The van der Waals surface area contributed by atoms with Crippen molar-refractivity contribution >= 4 is 21.8 Å². The van der Waals surface area contributed by atoms with E-state index in [2.05, 4.69) is 31.0 Å². The van der Waals surface area contributed by atoms with Crippen molar-refractivity contribution in [2.24, 2.45) is 0 Å². The number of carbonyl (C=O) groups is 1. The fraction of sp³-hybridized carbons (Fsp3) is 0.562. The second-order valence-electron chi connectivity index (χ2n) is 5.64. The summed E-state index contributed by atoms with van der Waals surface area (Å²) in [5.74, 6) is -0.198. The van der Waals surface area contributed by atoms with Gasteiger partial charge >= 0.3 is 0 Å². The van der Waals surface area contributed by atoms with Gasteiger partial charge in [0.05, 0.1) is 17.6 Å². The number of piperazine rings is 1. The lowest BCUT2D eigenvalue weighted by Crippen LogP contribution is -2.49. The van der Waals surface area contributed by atoms with E-state index in [1.165, 1.54) is 6.07 Å². The molecule has 0 aliphatic carbocycles. The molecule has 0 spiro atoms. The summed E-state index contributed by atoms with van der Waals surface area (Å²) in [6.07, 6.45) is 0. The number of nitrogens with zero attached hydrogens (tertiary/aromatic N) is 2. The minimum absolute atomic E-state index is 0.0398. The highest BCUT2D eigenvalue weighted by Gasteiger charge is 2.19. The molecular formula is C16H23BrFN3O2. The van der Waals surface area contributed by atoms with Crippen molar-refractivity contribution in [3.63, 3.8) is 0 Å².